The topological polar surface area (TPSA) is 127 Å². The van der Waals surface area contributed by atoms with Gasteiger partial charge in [-0.1, -0.05) is 6.07 Å². The third-order valence-corrected chi connectivity index (χ3v) is 7.90. The van der Waals surface area contributed by atoms with Crippen LogP contribution in [0, 0.1) is 5.41 Å². The number of aromatic nitrogens is 5. The maximum absolute atomic E-state index is 13.6. The van der Waals surface area contributed by atoms with Gasteiger partial charge in [0.25, 0.3) is 0 Å². The molecule has 34 heavy (non-hydrogen) atoms. The smallest absolute Gasteiger partial charge is 0.333 e. The Morgan fingerprint density at radius 1 is 1.21 bits per heavy atom. The fourth-order valence-electron chi connectivity index (χ4n) is 6.50. The van der Waals surface area contributed by atoms with E-state index >= 15 is 0 Å². The number of likely N-dealkylation sites (tertiary alicyclic amines) is 1. The molecule has 4 aliphatic rings. The summed E-state index contributed by atoms with van der Waals surface area (Å²) in [5, 5.41) is 22.0. The number of ether oxygens (including phenoxy) is 1. The molecule has 1 spiro atoms. The van der Waals surface area contributed by atoms with Crippen molar-refractivity contribution >= 4 is 11.9 Å². The average molecular weight is 466 g/mol. The molecule has 11 nitrogen and oxygen atoms in total. The lowest BCUT2D eigenvalue weighted by molar-refractivity contribution is -0.140. The number of hydrogen-bond donors (Lipinski definition) is 1. The summed E-state index contributed by atoms with van der Waals surface area (Å²) >= 11 is 0. The van der Waals surface area contributed by atoms with Crippen molar-refractivity contribution in [2.75, 3.05) is 13.2 Å². The summed E-state index contributed by atoms with van der Waals surface area (Å²) in [5.74, 6) is 0.341. The molecule has 0 aromatic carbocycles. The zero-order valence-corrected chi connectivity index (χ0v) is 18.9. The van der Waals surface area contributed by atoms with Crippen LogP contribution in [-0.4, -0.2) is 83.3 Å². The lowest BCUT2D eigenvalue weighted by atomic mass is 9.72. The van der Waals surface area contributed by atoms with Gasteiger partial charge in [0.2, 0.25) is 5.91 Å². The minimum absolute atomic E-state index is 0.0505. The molecule has 11 heteroatoms. The van der Waals surface area contributed by atoms with Crippen molar-refractivity contribution in [2.45, 2.75) is 63.3 Å². The van der Waals surface area contributed by atoms with E-state index in [1.165, 1.54) is 17.1 Å². The predicted molar refractivity (Wildman–Crippen MR) is 117 cm³/mol. The molecule has 0 saturated carbocycles. The Hall–Kier alpha value is -3.18. The van der Waals surface area contributed by atoms with E-state index < -0.39 is 11.5 Å². The van der Waals surface area contributed by atoms with Gasteiger partial charge in [-0.05, 0) is 55.5 Å². The fraction of sp³-hybridized carbons (Fsp3) is 0.565. The second kappa shape index (κ2) is 7.95. The molecule has 1 N–H and O–H groups in total. The quantitative estimate of drug-likeness (QED) is 0.637. The Morgan fingerprint density at radius 3 is 2.62 bits per heavy atom. The third kappa shape index (κ3) is 3.41. The maximum atomic E-state index is 13.6. The fourth-order valence-corrected chi connectivity index (χ4v) is 6.50. The van der Waals surface area contributed by atoms with Crippen LogP contribution < -0.4 is 0 Å². The molecule has 6 heterocycles. The number of rotatable bonds is 5. The highest BCUT2D eigenvalue weighted by Crippen LogP contribution is 2.53. The van der Waals surface area contributed by atoms with Crippen molar-refractivity contribution in [1.82, 2.24) is 35.0 Å². The first-order valence-corrected chi connectivity index (χ1v) is 11.8. The molecule has 178 valence electrons. The lowest BCUT2D eigenvalue weighted by Gasteiger charge is -2.44. The molecule has 2 aromatic heterocycles. The number of tetrazole rings is 1. The molecule has 6 rings (SSSR count). The zero-order valence-electron chi connectivity index (χ0n) is 18.9. The molecule has 1 amide bonds. The van der Waals surface area contributed by atoms with Gasteiger partial charge < -0.3 is 14.7 Å². The monoisotopic (exact) mass is 465 g/mol. The standard InChI is InChI=1S/C23H27N7O4/c1-14-7-23(22(33)30(14)18-6-21(32)34-12-18)8-16-3-4-17(9-23)28(16)11-19(31)15-2-5-20(24-10-15)29-13-25-26-27-29/h2,5-6,10,13-14,16-17,19,31H,3-4,7-9,11-12H2,1H3/t14?,16?,17?,19-,23?/m0/s1. The van der Waals surface area contributed by atoms with Gasteiger partial charge in [0.05, 0.1) is 17.2 Å². The van der Waals surface area contributed by atoms with Crippen molar-refractivity contribution in [1.29, 1.82) is 0 Å². The number of aliphatic hydroxyl groups excluding tert-OH is 1. The number of hydrogen-bond acceptors (Lipinski definition) is 9. The number of nitrogens with zero attached hydrogens (tertiary/aromatic N) is 7. The number of piperidine rings is 1. The number of esters is 1. The van der Waals surface area contributed by atoms with E-state index in [2.05, 4.69) is 32.3 Å². The molecule has 4 aliphatic heterocycles. The minimum atomic E-state index is -0.672. The first-order valence-electron chi connectivity index (χ1n) is 11.8. The van der Waals surface area contributed by atoms with Crippen LogP contribution in [0.15, 0.2) is 36.4 Å². The molecule has 2 aromatic rings. The van der Waals surface area contributed by atoms with Crippen LogP contribution in [0.2, 0.25) is 0 Å². The Kier molecular flexibility index (Phi) is 4.99. The number of pyridine rings is 1. The van der Waals surface area contributed by atoms with Crippen LogP contribution in [0.5, 0.6) is 0 Å². The molecule has 2 bridgehead atoms. The van der Waals surface area contributed by atoms with Gasteiger partial charge >= 0.3 is 5.97 Å². The van der Waals surface area contributed by atoms with Gasteiger partial charge in [-0.2, -0.15) is 4.68 Å². The SMILES string of the molecule is CC1CC2(CC3CCC(C2)N3C[C@H](O)c2ccc(-n3cnnn3)nc2)C(=O)N1C1=CC(=O)OC1. The maximum Gasteiger partial charge on any atom is 0.333 e. The number of carbonyl (C=O) groups is 2. The summed E-state index contributed by atoms with van der Waals surface area (Å²) in [5.41, 5.74) is 1.03. The van der Waals surface area contributed by atoms with Crippen molar-refractivity contribution < 1.29 is 19.4 Å². The van der Waals surface area contributed by atoms with E-state index in [-0.39, 0.29) is 36.6 Å². The normalized spacial score (nSPS) is 31.9. The Balaban J connectivity index is 1.15. The van der Waals surface area contributed by atoms with Crippen LogP contribution in [0.4, 0.5) is 0 Å². The summed E-state index contributed by atoms with van der Waals surface area (Å²) in [6, 6.07) is 4.20. The van der Waals surface area contributed by atoms with Crippen molar-refractivity contribution in [3.8, 4) is 5.82 Å². The average Bonchev–Trinajstić information content (AvgIpc) is 3.59. The number of cyclic esters (lactones) is 1. The van der Waals surface area contributed by atoms with Crippen LogP contribution in [0.25, 0.3) is 5.82 Å². The number of amides is 1. The summed E-state index contributed by atoms with van der Waals surface area (Å²) in [6.07, 6.45) is 8.34. The molecule has 3 fully saturated rings. The van der Waals surface area contributed by atoms with Crippen molar-refractivity contribution in [3.63, 3.8) is 0 Å². The zero-order chi connectivity index (χ0) is 23.4. The summed E-state index contributed by atoms with van der Waals surface area (Å²) in [4.78, 5) is 33.7. The second-order valence-corrected chi connectivity index (χ2v) is 9.96. The lowest BCUT2D eigenvalue weighted by Crippen LogP contribution is -2.51. The van der Waals surface area contributed by atoms with Crippen molar-refractivity contribution in [2.24, 2.45) is 5.41 Å². The molecule has 4 atom stereocenters. The van der Waals surface area contributed by atoms with E-state index in [1.807, 2.05) is 6.07 Å². The van der Waals surface area contributed by atoms with E-state index in [0.717, 1.165) is 37.7 Å². The highest BCUT2D eigenvalue weighted by Gasteiger charge is 2.58. The highest BCUT2D eigenvalue weighted by molar-refractivity contribution is 5.91. The largest absolute Gasteiger partial charge is 0.456 e. The second-order valence-electron chi connectivity index (χ2n) is 9.96. The van der Waals surface area contributed by atoms with Gasteiger partial charge in [0, 0.05) is 42.5 Å². The van der Waals surface area contributed by atoms with Gasteiger partial charge in [-0.25, -0.2) is 9.78 Å². The molecule has 0 radical (unpaired) electrons. The third-order valence-electron chi connectivity index (χ3n) is 7.90. The van der Waals surface area contributed by atoms with E-state index in [1.54, 1.807) is 17.2 Å². The Bertz CT molecular complexity index is 1120. The first-order chi connectivity index (χ1) is 16.4. The van der Waals surface area contributed by atoms with E-state index in [9.17, 15) is 14.7 Å². The van der Waals surface area contributed by atoms with E-state index in [0.29, 0.717) is 18.1 Å². The van der Waals surface area contributed by atoms with Crippen LogP contribution in [0.3, 0.4) is 0 Å². The number of carbonyl (C=O) groups excluding carboxylic acids is 2. The molecule has 3 unspecified atom stereocenters. The van der Waals surface area contributed by atoms with Crippen LogP contribution >= 0.6 is 0 Å². The van der Waals surface area contributed by atoms with Gasteiger partial charge in [0.1, 0.15) is 12.9 Å². The summed E-state index contributed by atoms with van der Waals surface area (Å²) in [7, 11) is 0. The van der Waals surface area contributed by atoms with E-state index in [4.69, 9.17) is 4.74 Å². The summed E-state index contributed by atoms with van der Waals surface area (Å²) in [6.45, 7) is 2.75. The number of aliphatic hydroxyl groups is 1. The molecule has 0 aliphatic carbocycles. The predicted octanol–water partition coefficient (Wildman–Crippen LogP) is 0.765. The Labute approximate surface area is 196 Å². The van der Waals surface area contributed by atoms with Crippen LogP contribution in [0.1, 0.15) is 50.7 Å². The molecular formula is C23H27N7O4. The first kappa shape index (κ1) is 21.4. The number of fused-ring (bicyclic) bond motifs is 2. The Morgan fingerprint density at radius 2 is 2.00 bits per heavy atom. The van der Waals surface area contributed by atoms with Crippen molar-refractivity contribution in [3.05, 3.63) is 42.0 Å². The van der Waals surface area contributed by atoms with Gasteiger partial charge in [0.15, 0.2) is 5.82 Å². The molecular weight excluding hydrogens is 438 g/mol. The minimum Gasteiger partial charge on any atom is -0.456 e. The van der Waals surface area contributed by atoms with Crippen LogP contribution in [-0.2, 0) is 14.3 Å². The summed E-state index contributed by atoms with van der Waals surface area (Å²) < 4.78 is 6.52. The van der Waals surface area contributed by atoms with Gasteiger partial charge in [-0.15, -0.1) is 5.10 Å². The molecule has 3 saturated heterocycles. The van der Waals surface area contributed by atoms with Gasteiger partial charge in [-0.3, -0.25) is 9.69 Å². The highest BCUT2D eigenvalue weighted by atomic mass is 16.5.